The molecular weight excluding hydrogens is 344 g/mol. The Kier molecular flexibility index (Phi) is 4.10. The van der Waals surface area contributed by atoms with E-state index >= 15 is 0 Å². The molecule has 0 radical (unpaired) electrons. The molecule has 0 aromatic carbocycles. The van der Waals surface area contributed by atoms with E-state index in [9.17, 15) is 33.6 Å². The minimum absolute atomic E-state index is 0.594. The lowest BCUT2D eigenvalue weighted by Gasteiger charge is -2.12. The third-order valence-corrected chi connectivity index (χ3v) is 5.01. The summed E-state index contributed by atoms with van der Waals surface area (Å²) < 4.78 is 15.2. The summed E-state index contributed by atoms with van der Waals surface area (Å²) in [5.41, 5.74) is -3.92. The molecule has 2 aromatic heterocycles. The normalized spacial score (nSPS) is 11.2. The lowest BCUT2D eigenvalue weighted by Crippen LogP contribution is -2.41. The average molecular weight is 358 g/mol. The highest BCUT2D eigenvalue weighted by Crippen LogP contribution is 2.23. The second kappa shape index (κ2) is 5.63. The SMILES string of the molecule is Cn1c(O)c(S(=O)c2c(O)n(C)c(=O)n(C)c2=O)c(=O)n(C)c1=O. The number of aromatic nitrogens is 4. The Morgan fingerprint density at radius 2 is 0.958 bits per heavy atom. The lowest BCUT2D eigenvalue weighted by molar-refractivity contribution is 0.388. The van der Waals surface area contributed by atoms with Gasteiger partial charge in [-0.15, -0.1) is 0 Å². The Morgan fingerprint density at radius 1 is 0.667 bits per heavy atom. The van der Waals surface area contributed by atoms with Gasteiger partial charge in [-0.25, -0.2) is 13.8 Å². The van der Waals surface area contributed by atoms with Gasteiger partial charge in [0.05, 0.1) is 0 Å². The largest absolute Gasteiger partial charge is 0.493 e. The summed E-state index contributed by atoms with van der Waals surface area (Å²) >= 11 is 0. The zero-order chi connectivity index (χ0) is 18.5. The third-order valence-electron chi connectivity index (χ3n) is 3.56. The summed E-state index contributed by atoms with van der Waals surface area (Å²) in [4.78, 5) is 46.3. The van der Waals surface area contributed by atoms with Gasteiger partial charge in [-0.1, -0.05) is 0 Å². The van der Waals surface area contributed by atoms with Crippen LogP contribution < -0.4 is 22.5 Å². The minimum atomic E-state index is -2.64. The van der Waals surface area contributed by atoms with Crippen LogP contribution in [0.25, 0.3) is 0 Å². The Morgan fingerprint density at radius 3 is 1.25 bits per heavy atom. The molecule has 2 aromatic rings. The molecule has 12 heteroatoms. The van der Waals surface area contributed by atoms with Crippen molar-refractivity contribution < 1.29 is 14.4 Å². The molecule has 0 spiro atoms. The molecule has 2 rings (SSSR count). The van der Waals surface area contributed by atoms with Crippen molar-refractivity contribution in [3.05, 3.63) is 41.7 Å². The van der Waals surface area contributed by atoms with E-state index in [1.165, 1.54) is 0 Å². The quantitative estimate of drug-likeness (QED) is 0.584. The van der Waals surface area contributed by atoms with E-state index in [0.717, 1.165) is 28.2 Å². The molecule has 0 aliphatic heterocycles. The molecule has 0 unspecified atom stereocenters. The van der Waals surface area contributed by atoms with Crippen LogP contribution in [0.2, 0.25) is 0 Å². The molecule has 0 saturated heterocycles. The summed E-state index contributed by atoms with van der Waals surface area (Å²) in [5, 5.41) is 20.0. The summed E-state index contributed by atoms with van der Waals surface area (Å²) in [6.45, 7) is 0. The van der Waals surface area contributed by atoms with Crippen LogP contribution in [0.3, 0.4) is 0 Å². The second-order valence-electron chi connectivity index (χ2n) is 4.99. The number of hydrogen-bond donors (Lipinski definition) is 2. The average Bonchev–Trinajstić information content (AvgIpc) is 2.55. The highest BCUT2D eigenvalue weighted by molar-refractivity contribution is 7.85. The first-order valence-corrected chi connectivity index (χ1v) is 7.57. The fraction of sp³-hybridized carbons (Fsp3) is 0.333. The van der Waals surface area contributed by atoms with Crippen LogP contribution in [0.15, 0.2) is 29.0 Å². The van der Waals surface area contributed by atoms with E-state index in [0.29, 0.717) is 18.3 Å². The Bertz CT molecular complexity index is 1030. The van der Waals surface area contributed by atoms with Gasteiger partial charge in [0, 0.05) is 28.2 Å². The zero-order valence-corrected chi connectivity index (χ0v) is 13.9. The monoisotopic (exact) mass is 358 g/mol. The number of hydrogen-bond acceptors (Lipinski definition) is 7. The van der Waals surface area contributed by atoms with E-state index in [1.807, 2.05) is 0 Å². The molecule has 0 aliphatic rings. The van der Waals surface area contributed by atoms with E-state index in [2.05, 4.69) is 0 Å². The van der Waals surface area contributed by atoms with Crippen LogP contribution in [0, 0.1) is 0 Å². The smallest absolute Gasteiger partial charge is 0.333 e. The highest BCUT2D eigenvalue weighted by Gasteiger charge is 2.28. The van der Waals surface area contributed by atoms with Gasteiger partial charge in [0.25, 0.3) is 11.1 Å². The van der Waals surface area contributed by atoms with Gasteiger partial charge in [-0.2, -0.15) is 0 Å². The molecule has 130 valence electrons. The van der Waals surface area contributed by atoms with Gasteiger partial charge in [0.1, 0.15) is 10.8 Å². The first-order valence-electron chi connectivity index (χ1n) is 6.42. The number of rotatable bonds is 2. The van der Waals surface area contributed by atoms with Crippen molar-refractivity contribution in [2.75, 3.05) is 0 Å². The van der Waals surface area contributed by atoms with Crippen LogP contribution >= 0.6 is 0 Å². The third kappa shape index (κ3) is 2.22. The molecule has 0 amide bonds. The first kappa shape index (κ1) is 17.5. The van der Waals surface area contributed by atoms with E-state index in [1.54, 1.807) is 0 Å². The zero-order valence-electron chi connectivity index (χ0n) is 13.1. The van der Waals surface area contributed by atoms with E-state index in [-0.39, 0.29) is 0 Å². The van der Waals surface area contributed by atoms with Gasteiger partial charge in [0.15, 0.2) is 9.79 Å². The maximum absolute atomic E-state index is 12.7. The summed E-state index contributed by atoms with van der Waals surface area (Å²) in [6, 6.07) is 0. The number of aromatic hydroxyl groups is 2. The van der Waals surface area contributed by atoms with Gasteiger partial charge in [-0.05, 0) is 0 Å². The lowest BCUT2D eigenvalue weighted by atomic mass is 10.5. The molecule has 11 nitrogen and oxygen atoms in total. The summed E-state index contributed by atoms with van der Waals surface area (Å²) in [5.74, 6) is -1.81. The van der Waals surface area contributed by atoms with Crippen LogP contribution in [0.5, 0.6) is 11.8 Å². The molecule has 0 saturated carbocycles. The summed E-state index contributed by atoms with van der Waals surface area (Å²) in [6.07, 6.45) is 0. The van der Waals surface area contributed by atoms with Gasteiger partial charge >= 0.3 is 11.4 Å². The van der Waals surface area contributed by atoms with Crippen LogP contribution in [-0.2, 0) is 39.0 Å². The predicted octanol–water partition coefficient (Wildman–Crippen LogP) is -2.94. The molecule has 0 atom stereocenters. The number of nitrogens with zero attached hydrogens (tertiary/aromatic N) is 4. The molecule has 2 heterocycles. The standard InChI is InChI=1S/C12H14N4O7S/c1-13-7(17)5(8(18)14(2)11(13)21)24(23)6-9(19)15(3)12(22)16(4)10(6)20/h17,19H,1-4H3. The van der Waals surface area contributed by atoms with Crippen LogP contribution in [0.1, 0.15) is 0 Å². The topological polar surface area (TPSA) is 146 Å². The van der Waals surface area contributed by atoms with Crippen molar-refractivity contribution in [1.29, 1.82) is 0 Å². The maximum Gasteiger partial charge on any atom is 0.333 e. The maximum atomic E-state index is 12.7. The van der Waals surface area contributed by atoms with Crippen molar-refractivity contribution in [1.82, 2.24) is 18.3 Å². The molecule has 0 aliphatic carbocycles. The van der Waals surface area contributed by atoms with Crippen molar-refractivity contribution in [3.8, 4) is 11.8 Å². The fourth-order valence-electron chi connectivity index (χ4n) is 2.03. The van der Waals surface area contributed by atoms with Crippen molar-refractivity contribution in [2.45, 2.75) is 9.79 Å². The first-order chi connectivity index (χ1) is 11.0. The van der Waals surface area contributed by atoms with Gasteiger partial charge in [0.2, 0.25) is 11.8 Å². The molecular formula is C12H14N4O7S. The highest BCUT2D eigenvalue weighted by atomic mass is 32.2. The van der Waals surface area contributed by atoms with Crippen LogP contribution in [-0.4, -0.2) is 32.7 Å². The Labute approximate surface area is 135 Å². The Hall–Kier alpha value is -2.89. The Balaban J connectivity index is 2.97. The summed E-state index contributed by atoms with van der Waals surface area (Å²) in [7, 11) is 1.84. The van der Waals surface area contributed by atoms with Crippen molar-refractivity contribution >= 4 is 10.8 Å². The molecule has 0 bridgehead atoms. The van der Waals surface area contributed by atoms with E-state index in [4.69, 9.17) is 0 Å². The minimum Gasteiger partial charge on any atom is -0.493 e. The molecule has 2 N–H and O–H groups in total. The van der Waals surface area contributed by atoms with Gasteiger partial charge in [-0.3, -0.25) is 27.9 Å². The van der Waals surface area contributed by atoms with Crippen molar-refractivity contribution in [3.63, 3.8) is 0 Å². The van der Waals surface area contributed by atoms with Crippen LogP contribution in [0.4, 0.5) is 0 Å². The second-order valence-corrected chi connectivity index (χ2v) is 6.34. The molecule has 24 heavy (non-hydrogen) atoms. The fourth-order valence-corrected chi connectivity index (χ4v) is 3.43. The van der Waals surface area contributed by atoms with Crippen molar-refractivity contribution in [2.24, 2.45) is 28.2 Å². The van der Waals surface area contributed by atoms with Gasteiger partial charge < -0.3 is 10.2 Å². The van der Waals surface area contributed by atoms with E-state index < -0.39 is 54.8 Å². The molecule has 0 fully saturated rings. The predicted molar refractivity (Wildman–Crippen MR) is 81.9 cm³/mol.